The molecule has 1 aliphatic rings. The predicted octanol–water partition coefficient (Wildman–Crippen LogP) is 0.0193. The van der Waals surface area contributed by atoms with E-state index in [-0.39, 0.29) is 24.3 Å². The molecule has 1 N–H and O–H groups in total. The second kappa shape index (κ2) is 7.68. The van der Waals surface area contributed by atoms with Gasteiger partial charge in [0.1, 0.15) is 0 Å². The first kappa shape index (κ1) is 15.4. The maximum atomic E-state index is 10.4. The molecule has 0 amide bonds. The molecule has 1 fully saturated rings. The Labute approximate surface area is 109 Å². The van der Waals surface area contributed by atoms with Gasteiger partial charge in [0, 0.05) is 0 Å². The summed E-state index contributed by atoms with van der Waals surface area (Å²) in [6, 6.07) is 7.90. The molecule has 0 atom stereocenters. The number of hydrogen-bond acceptors (Lipinski definition) is 2. The van der Waals surface area contributed by atoms with Gasteiger partial charge in [0.2, 0.25) is 0 Å². The van der Waals surface area contributed by atoms with Gasteiger partial charge in [0.15, 0.2) is 0 Å². The van der Waals surface area contributed by atoms with Gasteiger partial charge < -0.3 is 10.3 Å². The fraction of sp³-hybridized carbons (Fsp3) is 0.462. The van der Waals surface area contributed by atoms with E-state index < -0.39 is 0 Å². The van der Waals surface area contributed by atoms with E-state index in [0.29, 0.717) is 5.56 Å². The number of hydrogen-bond donors (Lipinski definition) is 0. The molecule has 2 nitrogen and oxygen atoms in total. The van der Waals surface area contributed by atoms with Crippen LogP contribution in [-0.4, -0.2) is 11.8 Å². The van der Waals surface area contributed by atoms with Crippen LogP contribution < -0.4 is 18.9 Å². The van der Waals surface area contributed by atoms with Crippen LogP contribution in [0.15, 0.2) is 24.3 Å². The molecule has 2 rings (SSSR count). The van der Waals surface area contributed by atoms with Crippen LogP contribution in [0.2, 0.25) is 0 Å². The monoisotopic (exact) mass is 211 g/mol. The Bertz CT molecular complexity index is 302. The molecule has 82 valence electrons. The maximum absolute atomic E-state index is 10.4. The molecule has 1 aromatic rings. The van der Waals surface area contributed by atoms with Gasteiger partial charge in [0.05, 0.1) is 6.29 Å². The smallest absolute Gasteiger partial charge is 0.870 e. The summed E-state index contributed by atoms with van der Waals surface area (Å²) in [5, 5.41) is 0. The van der Waals surface area contributed by atoms with E-state index in [1.807, 2.05) is 18.4 Å². The number of rotatable bonds is 2. The van der Waals surface area contributed by atoms with Gasteiger partial charge in [-0.05, 0) is 18.8 Å². The zero-order valence-corrected chi connectivity index (χ0v) is 9.78. The third-order valence-corrected chi connectivity index (χ3v) is 3.11. The van der Waals surface area contributed by atoms with E-state index in [0.717, 1.165) is 5.92 Å². The quantitative estimate of drug-likeness (QED) is 0.511. The minimum absolute atomic E-state index is 0. The summed E-state index contributed by atoms with van der Waals surface area (Å²) in [5.74, 6) is 0.726. The van der Waals surface area contributed by atoms with E-state index in [1.54, 1.807) is 0 Å². The molecule has 0 unspecified atom stereocenters. The Morgan fingerprint density at radius 3 is 2.06 bits per heavy atom. The summed E-state index contributed by atoms with van der Waals surface area (Å²) >= 11 is 0. The van der Waals surface area contributed by atoms with Crippen molar-refractivity contribution in [3.8, 4) is 0 Å². The Morgan fingerprint density at radius 1 is 1.00 bits per heavy atom. The average Bonchev–Trinajstić information content (AvgIpc) is 2.30. The van der Waals surface area contributed by atoms with Crippen molar-refractivity contribution in [2.75, 3.05) is 0 Å². The molecule has 0 spiro atoms. The summed E-state index contributed by atoms with van der Waals surface area (Å²) in [7, 11) is 0. The maximum Gasteiger partial charge on any atom is 1.00 e. The minimum atomic E-state index is 0. The van der Waals surface area contributed by atoms with E-state index in [2.05, 4.69) is 12.1 Å². The molecule has 3 heteroatoms. The van der Waals surface area contributed by atoms with Crippen LogP contribution in [0.5, 0.6) is 0 Å². The Balaban J connectivity index is 0.00000112. The zero-order chi connectivity index (χ0) is 9.80. The fourth-order valence-electron chi connectivity index (χ4n) is 2.26. The molecule has 0 aromatic heterocycles. The normalized spacial score (nSPS) is 15.8. The second-order valence-electron chi connectivity index (χ2n) is 4.06. The van der Waals surface area contributed by atoms with Gasteiger partial charge in [-0.15, -0.1) is 12.1 Å². The second-order valence-corrected chi connectivity index (χ2v) is 4.06. The largest absolute Gasteiger partial charge is 1.00 e. The first-order valence-corrected chi connectivity index (χ1v) is 5.38. The van der Waals surface area contributed by atoms with Gasteiger partial charge in [-0.25, -0.2) is 0 Å². The summed E-state index contributed by atoms with van der Waals surface area (Å²) in [5.41, 5.74) is 2.05. The van der Waals surface area contributed by atoms with Crippen LogP contribution in [0.25, 0.3) is 0 Å². The van der Waals surface area contributed by atoms with Gasteiger partial charge in [0.25, 0.3) is 0 Å². The Morgan fingerprint density at radius 2 is 1.56 bits per heavy atom. The van der Waals surface area contributed by atoms with Crippen molar-refractivity contribution >= 4 is 6.29 Å². The molecule has 0 saturated heterocycles. The molecule has 0 heterocycles. The molecule has 0 aliphatic heterocycles. The summed E-state index contributed by atoms with van der Waals surface area (Å²) < 4.78 is 0. The standard InChI is InChI=1S/C13H15O.Li.H2O/c14-10-11-6-8-13(9-7-11)12-4-2-1-3-5-12;;/h6-9,12H,1-5H2;;1H2/q-1;+1;/p-1. The Kier molecular flexibility index (Phi) is 7.41. The van der Waals surface area contributed by atoms with Crippen molar-refractivity contribution in [1.82, 2.24) is 0 Å². The first-order chi connectivity index (χ1) is 6.90. The summed E-state index contributed by atoms with van der Waals surface area (Å²) in [6.45, 7) is 0. The van der Waals surface area contributed by atoms with Crippen LogP contribution in [0.1, 0.15) is 49.1 Å². The van der Waals surface area contributed by atoms with Crippen molar-refractivity contribution in [2.45, 2.75) is 38.0 Å². The van der Waals surface area contributed by atoms with Crippen molar-refractivity contribution in [3.05, 3.63) is 35.4 Å². The van der Waals surface area contributed by atoms with Crippen molar-refractivity contribution in [2.24, 2.45) is 0 Å². The van der Waals surface area contributed by atoms with Crippen molar-refractivity contribution in [3.63, 3.8) is 0 Å². The molecule has 1 aliphatic carbocycles. The van der Waals surface area contributed by atoms with Gasteiger partial charge in [-0.2, -0.15) is 17.7 Å². The van der Waals surface area contributed by atoms with Crippen LogP contribution in [0.4, 0.5) is 0 Å². The third kappa shape index (κ3) is 3.79. The topological polar surface area (TPSA) is 47.1 Å². The molecule has 0 radical (unpaired) electrons. The SMILES string of the molecule is O=[C-]c1ccc(C2CCCCC2)cc1.[Li+].[OH-]. The minimum Gasteiger partial charge on any atom is -0.870 e. The first-order valence-electron chi connectivity index (χ1n) is 5.38. The van der Waals surface area contributed by atoms with Crippen LogP contribution >= 0.6 is 0 Å². The van der Waals surface area contributed by atoms with Crippen LogP contribution in [-0.2, 0) is 4.79 Å². The van der Waals surface area contributed by atoms with Crippen LogP contribution in [0.3, 0.4) is 0 Å². The average molecular weight is 211 g/mol. The number of carbonyl (C=O) groups excluding carboxylic acids is 1. The zero-order valence-electron chi connectivity index (χ0n) is 9.78. The predicted molar refractivity (Wildman–Crippen MR) is 59.0 cm³/mol. The molecule has 16 heavy (non-hydrogen) atoms. The molecule has 1 saturated carbocycles. The van der Waals surface area contributed by atoms with Gasteiger partial charge in [-0.3, -0.25) is 0 Å². The van der Waals surface area contributed by atoms with E-state index in [9.17, 15) is 4.79 Å². The molecular weight excluding hydrogens is 195 g/mol. The summed E-state index contributed by atoms with van der Waals surface area (Å²) in [6.07, 6.45) is 8.62. The summed E-state index contributed by atoms with van der Waals surface area (Å²) in [4.78, 5) is 10.4. The molecule has 0 bridgehead atoms. The Hall–Kier alpha value is -0.553. The van der Waals surface area contributed by atoms with E-state index in [4.69, 9.17) is 0 Å². The molecular formula is C13H16LiO2-. The van der Waals surface area contributed by atoms with Gasteiger partial charge in [-0.1, -0.05) is 24.8 Å². The van der Waals surface area contributed by atoms with Crippen molar-refractivity contribution in [1.29, 1.82) is 0 Å². The van der Waals surface area contributed by atoms with Crippen LogP contribution in [0, 0.1) is 0 Å². The molecule has 1 aromatic carbocycles. The fourth-order valence-corrected chi connectivity index (χ4v) is 2.26. The number of benzene rings is 1. The van der Waals surface area contributed by atoms with E-state index in [1.165, 1.54) is 37.7 Å². The van der Waals surface area contributed by atoms with Crippen molar-refractivity contribution < 1.29 is 29.1 Å². The van der Waals surface area contributed by atoms with Gasteiger partial charge >= 0.3 is 18.9 Å². The third-order valence-electron chi connectivity index (χ3n) is 3.11. The van der Waals surface area contributed by atoms with E-state index >= 15 is 0 Å².